The van der Waals surface area contributed by atoms with Crippen molar-refractivity contribution in [1.82, 2.24) is 14.8 Å². The van der Waals surface area contributed by atoms with Crippen molar-refractivity contribution in [2.45, 2.75) is 24.7 Å². The number of hydrogen-bond donors (Lipinski definition) is 1. The van der Waals surface area contributed by atoms with Crippen LogP contribution in [0.4, 0.5) is 18.9 Å². The van der Waals surface area contributed by atoms with Crippen molar-refractivity contribution in [2.24, 2.45) is 0 Å². The summed E-state index contributed by atoms with van der Waals surface area (Å²) in [6.45, 7) is 1.99. The molecule has 0 aliphatic rings. The minimum Gasteiger partial charge on any atom is -0.325 e. The zero-order chi connectivity index (χ0) is 25.0. The third-order valence-corrected chi connectivity index (χ3v) is 6.34. The van der Waals surface area contributed by atoms with Gasteiger partial charge in [-0.05, 0) is 42.8 Å². The number of anilines is 1. The van der Waals surface area contributed by atoms with E-state index >= 15 is 0 Å². The van der Waals surface area contributed by atoms with Crippen LogP contribution in [0.5, 0.6) is 0 Å². The van der Waals surface area contributed by atoms with E-state index in [0.717, 1.165) is 40.7 Å². The van der Waals surface area contributed by atoms with Crippen molar-refractivity contribution in [3.8, 4) is 5.69 Å². The molecule has 0 saturated heterocycles. The molecule has 0 aliphatic heterocycles. The Hall–Kier alpha value is -3.30. The molecule has 0 atom stereocenters. The van der Waals surface area contributed by atoms with Crippen LogP contribution >= 0.6 is 23.4 Å². The van der Waals surface area contributed by atoms with Crippen LogP contribution in [0.1, 0.15) is 22.5 Å². The molecule has 10 heteroatoms. The monoisotopic (exact) mass is 516 g/mol. The van der Waals surface area contributed by atoms with E-state index in [-0.39, 0.29) is 11.4 Å². The van der Waals surface area contributed by atoms with E-state index in [1.165, 1.54) is 6.07 Å². The number of alkyl halides is 3. The first-order valence-corrected chi connectivity index (χ1v) is 11.9. The third kappa shape index (κ3) is 6.23. The molecule has 1 heterocycles. The van der Waals surface area contributed by atoms with Gasteiger partial charge in [-0.1, -0.05) is 71.4 Å². The molecule has 0 fully saturated rings. The van der Waals surface area contributed by atoms with Crippen LogP contribution in [0.25, 0.3) is 5.69 Å². The SMILES string of the molecule is Cc1ccc(-n2c(Cc3ccccc3)nnc2SCC(=O)Nc2ccc(Cl)c(C(F)(F)F)c2)cc1. The summed E-state index contributed by atoms with van der Waals surface area (Å²) in [7, 11) is 0. The highest BCUT2D eigenvalue weighted by atomic mass is 35.5. The summed E-state index contributed by atoms with van der Waals surface area (Å²) in [5.41, 5.74) is 2.01. The third-order valence-electron chi connectivity index (χ3n) is 5.09. The number of hydrogen-bond acceptors (Lipinski definition) is 4. The van der Waals surface area contributed by atoms with E-state index in [9.17, 15) is 18.0 Å². The summed E-state index contributed by atoms with van der Waals surface area (Å²) in [5, 5.41) is 11.2. The number of aryl methyl sites for hydroxylation is 1. The maximum atomic E-state index is 13.1. The van der Waals surface area contributed by atoms with Gasteiger partial charge in [-0.15, -0.1) is 10.2 Å². The molecule has 0 spiro atoms. The molecule has 1 amide bonds. The fraction of sp³-hybridized carbons (Fsp3) is 0.160. The fourth-order valence-electron chi connectivity index (χ4n) is 3.39. The van der Waals surface area contributed by atoms with Gasteiger partial charge in [0.05, 0.1) is 16.3 Å². The van der Waals surface area contributed by atoms with E-state index in [2.05, 4.69) is 15.5 Å². The second-order valence-electron chi connectivity index (χ2n) is 7.76. The number of halogens is 4. The molecule has 3 aromatic carbocycles. The topological polar surface area (TPSA) is 59.8 Å². The lowest BCUT2D eigenvalue weighted by Crippen LogP contribution is -2.16. The number of rotatable bonds is 7. The zero-order valence-corrected chi connectivity index (χ0v) is 20.1. The van der Waals surface area contributed by atoms with E-state index < -0.39 is 22.7 Å². The average molecular weight is 517 g/mol. The van der Waals surface area contributed by atoms with Gasteiger partial charge in [-0.25, -0.2) is 0 Å². The van der Waals surface area contributed by atoms with Crippen LogP contribution in [0.3, 0.4) is 0 Å². The standard InChI is InChI=1S/C25H20ClF3N4OS/c1-16-7-10-19(11-8-16)33-22(13-17-5-3-2-4-6-17)31-32-24(33)35-15-23(34)30-18-9-12-21(26)20(14-18)25(27,28)29/h2-12,14H,13,15H2,1H3,(H,30,34). The molecule has 1 aromatic heterocycles. The predicted molar refractivity (Wildman–Crippen MR) is 131 cm³/mol. The minimum absolute atomic E-state index is 0.0112. The van der Waals surface area contributed by atoms with E-state index in [1.54, 1.807) is 0 Å². The quantitative estimate of drug-likeness (QED) is 0.282. The number of nitrogens with one attached hydrogen (secondary N) is 1. The summed E-state index contributed by atoms with van der Waals surface area (Å²) < 4.78 is 41.2. The highest BCUT2D eigenvalue weighted by molar-refractivity contribution is 7.99. The van der Waals surface area contributed by atoms with Gasteiger partial charge in [-0.3, -0.25) is 9.36 Å². The first kappa shape index (κ1) is 24.8. The maximum absolute atomic E-state index is 13.1. The van der Waals surface area contributed by atoms with Gasteiger partial charge in [0, 0.05) is 17.8 Å². The molecule has 0 bridgehead atoms. The van der Waals surface area contributed by atoms with Crippen LogP contribution in [-0.4, -0.2) is 26.4 Å². The summed E-state index contributed by atoms with van der Waals surface area (Å²) in [4.78, 5) is 12.5. The van der Waals surface area contributed by atoms with Crippen LogP contribution in [0.15, 0.2) is 78.0 Å². The first-order valence-electron chi connectivity index (χ1n) is 10.6. The second-order valence-corrected chi connectivity index (χ2v) is 9.11. The number of benzene rings is 3. The number of amides is 1. The van der Waals surface area contributed by atoms with Crippen LogP contribution in [-0.2, 0) is 17.4 Å². The number of carbonyl (C=O) groups excluding carboxylic acids is 1. The van der Waals surface area contributed by atoms with Gasteiger partial charge in [0.2, 0.25) is 5.91 Å². The predicted octanol–water partition coefficient (Wildman–Crippen LogP) is 6.57. The summed E-state index contributed by atoms with van der Waals surface area (Å²) in [6.07, 6.45) is -4.08. The highest BCUT2D eigenvalue weighted by Gasteiger charge is 2.33. The second kappa shape index (κ2) is 10.5. The molecule has 0 radical (unpaired) electrons. The number of carbonyl (C=O) groups is 1. The van der Waals surface area contributed by atoms with E-state index in [4.69, 9.17) is 11.6 Å². The van der Waals surface area contributed by atoms with Crippen LogP contribution in [0, 0.1) is 6.92 Å². The van der Waals surface area contributed by atoms with Gasteiger partial charge in [-0.2, -0.15) is 13.2 Å². The number of nitrogens with zero attached hydrogens (tertiary/aromatic N) is 3. The molecule has 0 saturated carbocycles. The van der Waals surface area contributed by atoms with Crippen molar-refractivity contribution in [1.29, 1.82) is 0 Å². The van der Waals surface area contributed by atoms with Gasteiger partial charge in [0.15, 0.2) is 5.16 Å². The van der Waals surface area contributed by atoms with Crippen molar-refractivity contribution in [3.05, 3.63) is 100 Å². The van der Waals surface area contributed by atoms with Crippen LogP contribution < -0.4 is 5.32 Å². The summed E-state index contributed by atoms with van der Waals surface area (Å²) in [6, 6.07) is 20.9. The lowest BCUT2D eigenvalue weighted by atomic mass is 10.1. The molecular formula is C25H20ClF3N4OS. The van der Waals surface area contributed by atoms with Gasteiger partial charge in [0.25, 0.3) is 0 Å². The molecule has 0 unspecified atom stereocenters. The number of aromatic nitrogens is 3. The van der Waals surface area contributed by atoms with Gasteiger partial charge >= 0.3 is 6.18 Å². The van der Waals surface area contributed by atoms with Crippen molar-refractivity contribution < 1.29 is 18.0 Å². The fourth-order valence-corrected chi connectivity index (χ4v) is 4.38. The molecular weight excluding hydrogens is 497 g/mol. The van der Waals surface area contributed by atoms with Crippen LogP contribution in [0.2, 0.25) is 5.02 Å². The average Bonchev–Trinajstić information content (AvgIpc) is 3.21. The lowest BCUT2D eigenvalue weighted by Gasteiger charge is -2.12. The molecule has 1 N–H and O–H groups in total. The smallest absolute Gasteiger partial charge is 0.325 e. The normalized spacial score (nSPS) is 11.5. The molecule has 5 nitrogen and oxygen atoms in total. The Bertz CT molecular complexity index is 1330. The molecule has 35 heavy (non-hydrogen) atoms. The Morgan fingerprint density at radius 1 is 1.03 bits per heavy atom. The van der Waals surface area contributed by atoms with Crippen molar-refractivity contribution in [2.75, 3.05) is 11.1 Å². The lowest BCUT2D eigenvalue weighted by molar-refractivity contribution is -0.137. The Balaban J connectivity index is 1.53. The minimum atomic E-state index is -4.62. The van der Waals surface area contributed by atoms with E-state index in [1.807, 2.05) is 66.1 Å². The van der Waals surface area contributed by atoms with Gasteiger partial charge < -0.3 is 5.32 Å². The largest absolute Gasteiger partial charge is 0.417 e. The Labute approximate surface area is 209 Å². The Morgan fingerprint density at radius 3 is 2.43 bits per heavy atom. The molecule has 180 valence electrons. The van der Waals surface area contributed by atoms with Crippen molar-refractivity contribution >= 4 is 35.0 Å². The Morgan fingerprint density at radius 2 is 1.74 bits per heavy atom. The summed E-state index contributed by atoms with van der Waals surface area (Å²) in [5.74, 6) is 0.156. The molecule has 4 rings (SSSR count). The first-order chi connectivity index (χ1) is 16.7. The maximum Gasteiger partial charge on any atom is 0.417 e. The highest BCUT2D eigenvalue weighted by Crippen LogP contribution is 2.36. The zero-order valence-electron chi connectivity index (χ0n) is 18.5. The van der Waals surface area contributed by atoms with Crippen molar-refractivity contribution in [3.63, 3.8) is 0 Å². The summed E-state index contributed by atoms with van der Waals surface area (Å²) >= 11 is 6.80. The molecule has 0 aliphatic carbocycles. The van der Waals surface area contributed by atoms with E-state index in [0.29, 0.717) is 17.4 Å². The number of thioether (sulfide) groups is 1. The Kier molecular flexibility index (Phi) is 7.47. The molecule has 4 aromatic rings. The van der Waals surface area contributed by atoms with Gasteiger partial charge in [0.1, 0.15) is 5.82 Å².